The number of carbonyl (C=O) groups is 2. The summed E-state index contributed by atoms with van der Waals surface area (Å²) in [5.74, 6) is -1.91. The average Bonchev–Trinajstić information content (AvgIpc) is 2.41. The summed E-state index contributed by atoms with van der Waals surface area (Å²) in [5.41, 5.74) is -0.814. The first kappa shape index (κ1) is 18.7. The van der Waals surface area contributed by atoms with Crippen molar-refractivity contribution < 1.29 is 28.6 Å². The topological polar surface area (TPSA) is 84.9 Å². The standard InChI is InChI=1S/C16H22FNO5/c1-10(8-18-15(21)23-16(2,3)4)9-22-13-6-5-11(17)7-12(13)14(19)20/h5-7,10H,8-9H2,1-4H3,(H,18,21)(H,19,20)/t10-/m0/s1. The molecule has 1 aromatic carbocycles. The van der Waals surface area contributed by atoms with Crippen LogP contribution in [0.25, 0.3) is 0 Å². The molecule has 7 heteroatoms. The highest BCUT2D eigenvalue weighted by molar-refractivity contribution is 5.90. The van der Waals surface area contributed by atoms with E-state index in [1.54, 1.807) is 20.8 Å². The molecule has 0 radical (unpaired) electrons. The number of carboxylic acids is 1. The molecular weight excluding hydrogens is 305 g/mol. The summed E-state index contributed by atoms with van der Waals surface area (Å²) in [6.07, 6.45) is -0.530. The Hall–Kier alpha value is -2.31. The Kier molecular flexibility index (Phi) is 6.36. The number of benzene rings is 1. The van der Waals surface area contributed by atoms with Crippen molar-refractivity contribution in [1.82, 2.24) is 5.32 Å². The first-order valence-electron chi connectivity index (χ1n) is 7.21. The van der Waals surface area contributed by atoms with Gasteiger partial charge in [-0.25, -0.2) is 14.0 Å². The van der Waals surface area contributed by atoms with E-state index in [0.717, 1.165) is 12.1 Å². The van der Waals surface area contributed by atoms with Crippen LogP contribution >= 0.6 is 0 Å². The van der Waals surface area contributed by atoms with Crippen LogP contribution in [-0.2, 0) is 4.74 Å². The maximum atomic E-state index is 13.1. The number of alkyl carbamates (subject to hydrolysis) is 1. The monoisotopic (exact) mass is 327 g/mol. The maximum absolute atomic E-state index is 13.1. The number of carbonyl (C=O) groups excluding carboxylic acids is 1. The van der Waals surface area contributed by atoms with Gasteiger partial charge < -0.3 is 19.9 Å². The van der Waals surface area contributed by atoms with E-state index in [0.29, 0.717) is 6.54 Å². The molecule has 0 aliphatic rings. The molecule has 0 aromatic heterocycles. The normalized spacial score (nSPS) is 12.4. The van der Waals surface area contributed by atoms with Crippen molar-refractivity contribution in [1.29, 1.82) is 0 Å². The second kappa shape index (κ2) is 7.80. The lowest BCUT2D eigenvalue weighted by Crippen LogP contribution is -2.35. The van der Waals surface area contributed by atoms with E-state index < -0.39 is 23.5 Å². The second-order valence-electron chi connectivity index (χ2n) is 6.24. The van der Waals surface area contributed by atoms with E-state index in [1.165, 1.54) is 6.07 Å². The predicted octanol–water partition coefficient (Wildman–Crippen LogP) is 3.06. The summed E-state index contributed by atoms with van der Waals surface area (Å²) in [6.45, 7) is 7.59. The molecule has 1 amide bonds. The molecule has 2 N–H and O–H groups in total. The van der Waals surface area contributed by atoms with E-state index in [2.05, 4.69) is 5.32 Å². The van der Waals surface area contributed by atoms with Crippen LogP contribution in [0.3, 0.4) is 0 Å². The van der Waals surface area contributed by atoms with Gasteiger partial charge in [-0.05, 0) is 39.0 Å². The third-order valence-electron chi connectivity index (χ3n) is 2.69. The third-order valence-corrected chi connectivity index (χ3v) is 2.69. The van der Waals surface area contributed by atoms with Gasteiger partial charge >= 0.3 is 12.1 Å². The van der Waals surface area contributed by atoms with E-state index in [-0.39, 0.29) is 23.8 Å². The van der Waals surface area contributed by atoms with E-state index in [9.17, 15) is 14.0 Å². The Morgan fingerprint density at radius 1 is 1.35 bits per heavy atom. The van der Waals surface area contributed by atoms with Gasteiger partial charge in [0.15, 0.2) is 0 Å². The summed E-state index contributed by atoms with van der Waals surface area (Å²) >= 11 is 0. The lowest BCUT2D eigenvalue weighted by molar-refractivity contribution is 0.0516. The van der Waals surface area contributed by atoms with Crippen molar-refractivity contribution in [3.63, 3.8) is 0 Å². The number of hydrogen-bond acceptors (Lipinski definition) is 4. The molecule has 0 aliphatic heterocycles. The van der Waals surface area contributed by atoms with Gasteiger partial charge in [-0.3, -0.25) is 0 Å². The summed E-state index contributed by atoms with van der Waals surface area (Å²) in [7, 11) is 0. The number of ether oxygens (including phenoxy) is 2. The minimum atomic E-state index is -1.26. The maximum Gasteiger partial charge on any atom is 0.407 e. The van der Waals surface area contributed by atoms with Crippen LogP contribution in [0.4, 0.5) is 9.18 Å². The molecule has 0 fully saturated rings. The highest BCUT2D eigenvalue weighted by Gasteiger charge is 2.17. The first-order chi connectivity index (χ1) is 10.6. The van der Waals surface area contributed by atoms with Gasteiger partial charge in [0.05, 0.1) is 6.61 Å². The lowest BCUT2D eigenvalue weighted by Gasteiger charge is -2.21. The molecule has 1 rings (SSSR count). The molecule has 0 aliphatic carbocycles. The number of aromatic carboxylic acids is 1. The fourth-order valence-electron chi connectivity index (χ4n) is 1.66. The highest BCUT2D eigenvalue weighted by Crippen LogP contribution is 2.20. The van der Waals surface area contributed by atoms with Crippen molar-refractivity contribution in [2.75, 3.05) is 13.2 Å². The van der Waals surface area contributed by atoms with Crippen molar-refractivity contribution in [2.24, 2.45) is 5.92 Å². The van der Waals surface area contributed by atoms with Crippen LogP contribution in [0.15, 0.2) is 18.2 Å². The zero-order chi connectivity index (χ0) is 17.6. The fraction of sp³-hybridized carbons (Fsp3) is 0.500. The zero-order valence-corrected chi connectivity index (χ0v) is 13.7. The second-order valence-corrected chi connectivity index (χ2v) is 6.24. The summed E-state index contributed by atoms with van der Waals surface area (Å²) in [5, 5.41) is 11.6. The molecule has 128 valence electrons. The Morgan fingerprint density at radius 3 is 2.57 bits per heavy atom. The molecule has 0 heterocycles. The number of nitrogens with one attached hydrogen (secondary N) is 1. The molecule has 23 heavy (non-hydrogen) atoms. The number of hydrogen-bond donors (Lipinski definition) is 2. The van der Waals surface area contributed by atoms with Crippen LogP contribution in [0.5, 0.6) is 5.75 Å². The molecule has 6 nitrogen and oxygen atoms in total. The summed E-state index contributed by atoms with van der Waals surface area (Å²) in [4.78, 5) is 22.6. The zero-order valence-electron chi connectivity index (χ0n) is 13.7. The van der Waals surface area contributed by atoms with Gasteiger partial charge in [0.1, 0.15) is 22.7 Å². The number of halogens is 1. The summed E-state index contributed by atoms with van der Waals surface area (Å²) < 4.78 is 23.6. The minimum Gasteiger partial charge on any atom is -0.492 e. The van der Waals surface area contributed by atoms with E-state index >= 15 is 0 Å². The van der Waals surface area contributed by atoms with Gasteiger partial charge in [0, 0.05) is 12.5 Å². The van der Waals surface area contributed by atoms with Crippen LogP contribution < -0.4 is 10.1 Å². The average molecular weight is 327 g/mol. The van der Waals surface area contributed by atoms with Gasteiger partial charge in [-0.2, -0.15) is 0 Å². The largest absolute Gasteiger partial charge is 0.492 e. The fourth-order valence-corrected chi connectivity index (χ4v) is 1.66. The van der Waals surface area contributed by atoms with Gasteiger partial charge in [-0.15, -0.1) is 0 Å². The quantitative estimate of drug-likeness (QED) is 0.839. The predicted molar refractivity (Wildman–Crippen MR) is 82.3 cm³/mol. The van der Waals surface area contributed by atoms with Crippen LogP contribution in [0.1, 0.15) is 38.1 Å². The molecule has 1 atom stereocenters. The van der Waals surface area contributed by atoms with Crippen LogP contribution in [-0.4, -0.2) is 35.9 Å². The minimum absolute atomic E-state index is 0.0861. The lowest BCUT2D eigenvalue weighted by atomic mass is 10.2. The Morgan fingerprint density at radius 2 is 2.00 bits per heavy atom. The van der Waals surface area contributed by atoms with Crippen molar-refractivity contribution >= 4 is 12.1 Å². The highest BCUT2D eigenvalue weighted by atomic mass is 19.1. The van der Waals surface area contributed by atoms with E-state index in [1.807, 2.05) is 6.92 Å². The molecule has 0 saturated heterocycles. The van der Waals surface area contributed by atoms with Crippen LogP contribution in [0, 0.1) is 11.7 Å². The van der Waals surface area contributed by atoms with E-state index in [4.69, 9.17) is 14.6 Å². The molecule has 1 aromatic rings. The van der Waals surface area contributed by atoms with Gasteiger partial charge in [-0.1, -0.05) is 6.92 Å². The summed E-state index contributed by atoms with van der Waals surface area (Å²) in [6, 6.07) is 3.31. The van der Waals surface area contributed by atoms with Crippen molar-refractivity contribution in [2.45, 2.75) is 33.3 Å². The van der Waals surface area contributed by atoms with Crippen LogP contribution in [0.2, 0.25) is 0 Å². The molecule has 0 spiro atoms. The Balaban J connectivity index is 2.49. The molecule has 0 saturated carbocycles. The van der Waals surface area contributed by atoms with Crippen molar-refractivity contribution in [3.05, 3.63) is 29.6 Å². The molecular formula is C16H22FNO5. The first-order valence-corrected chi connectivity index (χ1v) is 7.21. The molecule has 0 unspecified atom stereocenters. The number of rotatable bonds is 6. The smallest absolute Gasteiger partial charge is 0.407 e. The Bertz CT molecular complexity index is 568. The SMILES string of the molecule is C[C@@H](CNC(=O)OC(C)(C)C)COc1ccc(F)cc1C(=O)O. The van der Waals surface area contributed by atoms with Gasteiger partial charge in [0.25, 0.3) is 0 Å². The number of carboxylic acid groups (broad SMARTS) is 1. The van der Waals surface area contributed by atoms with Crippen molar-refractivity contribution in [3.8, 4) is 5.75 Å². The van der Waals surface area contributed by atoms with Gasteiger partial charge in [0.2, 0.25) is 0 Å². The number of amides is 1. The third kappa shape index (κ3) is 6.99. The molecule has 0 bridgehead atoms. The Labute approximate surface area is 134 Å².